The number of aliphatic hydroxyl groups is 1. The molecule has 1 aliphatic heterocycles. The molecule has 28 heavy (non-hydrogen) atoms. The SMILES string of the molecule is C[C@@H]1OC(=O)N[C@H]1[C@H](O)CO[Si](c1ccccc1)(c1ccccc1)C(C)(C)C. The first-order valence-corrected chi connectivity index (χ1v) is 11.6. The van der Waals surface area contributed by atoms with Crippen molar-refractivity contribution >= 4 is 24.8 Å². The van der Waals surface area contributed by atoms with Crippen LogP contribution in [0.15, 0.2) is 60.7 Å². The standard InChI is InChI=1S/C22H29NO4Si/c1-16-20(23-21(25)27-16)19(24)15-26-28(22(2,3)4,17-11-7-5-8-12-17)18-13-9-6-10-14-18/h5-14,16,19-20,24H,15H2,1-4H3,(H,23,25)/t16-,19+,20+/m0/s1. The van der Waals surface area contributed by atoms with Gasteiger partial charge < -0.3 is 19.6 Å². The van der Waals surface area contributed by atoms with Gasteiger partial charge in [0, 0.05) is 0 Å². The van der Waals surface area contributed by atoms with Gasteiger partial charge in [0.05, 0.1) is 18.8 Å². The maximum atomic E-state index is 11.5. The number of hydrogen-bond acceptors (Lipinski definition) is 4. The summed E-state index contributed by atoms with van der Waals surface area (Å²) in [5, 5.41) is 15.6. The Kier molecular flexibility index (Phi) is 5.93. The lowest BCUT2D eigenvalue weighted by Gasteiger charge is -2.43. The Morgan fingerprint density at radius 2 is 1.57 bits per heavy atom. The van der Waals surface area contributed by atoms with E-state index in [1.165, 1.54) is 0 Å². The van der Waals surface area contributed by atoms with Crippen LogP contribution in [0.1, 0.15) is 27.7 Å². The van der Waals surface area contributed by atoms with Crippen LogP contribution in [-0.4, -0.2) is 44.4 Å². The minimum absolute atomic E-state index is 0.117. The third-order valence-corrected chi connectivity index (χ3v) is 10.4. The molecule has 1 fully saturated rings. The van der Waals surface area contributed by atoms with E-state index in [9.17, 15) is 9.90 Å². The number of alkyl carbamates (subject to hydrolysis) is 1. The van der Waals surface area contributed by atoms with Gasteiger partial charge in [0.1, 0.15) is 6.10 Å². The first kappa shape index (κ1) is 20.6. The highest BCUT2D eigenvalue weighted by Gasteiger charge is 2.51. The third kappa shape index (κ3) is 3.85. The Labute approximate surface area is 167 Å². The summed E-state index contributed by atoms with van der Waals surface area (Å²) in [5.74, 6) is 0. The summed E-state index contributed by atoms with van der Waals surface area (Å²) in [4.78, 5) is 11.5. The number of amides is 1. The van der Waals surface area contributed by atoms with Crippen LogP contribution in [0.3, 0.4) is 0 Å². The molecule has 0 saturated carbocycles. The second-order valence-corrected chi connectivity index (χ2v) is 12.6. The van der Waals surface area contributed by atoms with Crippen molar-refractivity contribution in [2.75, 3.05) is 6.61 Å². The van der Waals surface area contributed by atoms with Crippen LogP contribution in [0.5, 0.6) is 0 Å². The van der Waals surface area contributed by atoms with Gasteiger partial charge in [-0.05, 0) is 22.3 Å². The molecule has 5 nitrogen and oxygen atoms in total. The Morgan fingerprint density at radius 3 is 1.96 bits per heavy atom. The summed E-state index contributed by atoms with van der Waals surface area (Å²) in [6, 6.07) is 20.1. The molecule has 3 rings (SSSR count). The highest BCUT2D eigenvalue weighted by molar-refractivity contribution is 6.99. The highest BCUT2D eigenvalue weighted by atomic mass is 28.4. The molecular formula is C22H29NO4Si. The van der Waals surface area contributed by atoms with Gasteiger partial charge in [-0.3, -0.25) is 0 Å². The lowest BCUT2D eigenvalue weighted by Crippen LogP contribution is -2.67. The maximum absolute atomic E-state index is 11.5. The maximum Gasteiger partial charge on any atom is 0.407 e. The van der Waals surface area contributed by atoms with Gasteiger partial charge in [-0.25, -0.2) is 4.79 Å². The smallest absolute Gasteiger partial charge is 0.407 e. The van der Waals surface area contributed by atoms with Gasteiger partial charge in [-0.1, -0.05) is 81.4 Å². The van der Waals surface area contributed by atoms with Crippen molar-refractivity contribution in [1.82, 2.24) is 5.32 Å². The van der Waals surface area contributed by atoms with Crippen molar-refractivity contribution in [3.05, 3.63) is 60.7 Å². The fraction of sp³-hybridized carbons (Fsp3) is 0.409. The van der Waals surface area contributed by atoms with Gasteiger partial charge >= 0.3 is 6.09 Å². The lowest BCUT2D eigenvalue weighted by molar-refractivity contribution is 0.0490. The highest BCUT2D eigenvalue weighted by Crippen LogP contribution is 2.37. The molecule has 1 saturated heterocycles. The molecule has 3 atom stereocenters. The fourth-order valence-corrected chi connectivity index (χ4v) is 8.59. The molecule has 0 bridgehead atoms. The van der Waals surface area contributed by atoms with Crippen LogP contribution in [-0.2, 0) is 9.16 Å². The van der Waals surface area contributed by atoms with Crippen molar-refractivity contribution in [2.24, 2.45) is 0 Å². The minimum Gasteiger partial charge on any atom is -0.444 e. The predicted octanol–water partition coefficient (Wildman–Crippen LogP) is 2.42. The van der Waals surface area contributed by atoms with Crippen molar-refractivity contribution < 1.29 is 19.1 Å². The van der Waals surface area contributed by atoms with Crippen LogP contribution in [0.25, 0.3) is 0 Å². The van der Waals surface area contributed by atoms with Crippen LogP contribution < -0.4 is 15.7 Å². The Bertz CT molecular complexity index is 752. The average molecular weight is 400 g/mol. The lowest BCUT2D eigenvalue weighted by atomic mass is 10.1. The molecule has 0 aromatic heterocycles. The van der Waals surface area contributed by atoms with Crippen molar-refractivity contribution in [3.63, 3.8) is 0 Å². The summed E-state index contributed by atoms with van der Waals surface area (Å²) in [5.41, 5.74) is 0. The Hall–Kier alpha value is -2.15. The van der Waals surface area contributed by atoms with Crippen molar-refractivity contribution in [3.8, 4) is 0 Å². The van der Waals surface area contributed by atoms with Crippen LogP contribution >= 0.6 is 0 Å². The summed E-state index contributed by atoms with van der Waals surface area (Å²) in [6.45, 7) is 8.46. The van der Waals surface area contributed by atoms with Gasteiger partial charge in [-0.15, -0.1) is 0 Å². The van der Waals surface area contributed by atoms with Gasteiger partial charge in [0.25, 0.3) is 8.32 Å². The molecule has 1 aliphatic rings. The van der Waals surface area contributed by atoms with E-state index in [1.54, 1.807) is 6.92 Å². The number of carbonyl (C=O) groups excluding carboxylic acids is 1. The molecule has 0 spiro atoms. The Balaban J connectivity index is 1.98. The van der Waals surface area contributed by atoms with E-state index in [0.29, 0.717) is 0 Å². The first-order valence-electron chi connectivity index (χ1n) is 9.66. The number of rotatable bonds is 6. The molecule has 150 valence electrons. The van der Waals surface area contributed by atoms with E-state index < -0.39 is 32.7 Å². The molecule has 6 heteroatoms. The number of aliphatic hydroxyl groups excluding tert-OH is 1. The fourth-order valence-electron chi connectivity index (χ4n) is 4.01. The molecule has 0 radical (unpaired) electrons. The van der Waals surface area contributed by atoms with E-state index in [-0.39, 0.29) is 11.6 Å². The number of hydrogen-bond donors (Lipinski definition) is 2. The van der Waals surface area contributed by atoms with E-state index in [0.717, 1.165) is 10.4 Å². The van der Waals surface area contributed by atoms with E-state index >= 15 is 0 Å². The number of carbonyl (C=O) groups is 1. The molecule has 1 amide bonds. The minimum atomic E-state index is -2.72. The van der Waals surface area contributed by atoms with Gasteiger partial charge in [-0.2, -0.15) is 0 Å². The van der Waals surface area contributed by atoms with Crippen LogP contribution in [0.2, 0.25) is 5.04 Å². The topological polar surface area (TPSA) is 67.8 Å². The summed E-state index contributed by atoms with van der Waals surface area (Å²) < 4.78 is 11.8. The molecule has 2 N–H and O–H groups in total. The van der Waals surface area contributed by atoms with Gasteiger partial charge in [0.15, 0.2) is 0 Å². The van der Waals surface area contributed by atoms with E-state index in [2.05, 4.69) is 50.4 Å². The largest absolute Gasteiger partial charge is 0.444 e. The second-order valence-electron chi connectivity index (χ2n) is 8.32. The van der Waals surface area contributed by atoms with Crippen LogP contribution in [0.4, 0.5) is 4.79 Å². The normalized spacial score (nSPS) is 21.1. The Morgan fingerprint density at radius 1 is 1.07 bits per heavy atom. The van der Waals surface area contributed by atoms with Crippen molar-refractivity contribution in [2.45, 2.75) is 51.0 Å². The van der Waals surface area contributed by atoms with Gasteiger partial charge in [0.2, 0.25) is 0 Å². The predicted molar refractivity (Wildman–Crippen MR) is 112 cm³/mol. The number of cyclic esters (lactones) is 1. The molecule has 2 aromatic carbocycles. The number of benzene rings is 2. The van der Waals surface area contributed by atoms with Crippen molar-refractivity contribution in [1.29, 1.82) is 0 Å². The summed E-state index contributed by atoms with van der Waals surface area (Å²) in [6.07, 6.45) is -1.75. The zero-order chi connectivity index (χ0) is 20.4. The number of ether oxygens (including phenoxy) is 1. The second kappa shape index (κ2) is 8.07. The van der Waals surface area contributed by atoms with E-state index in [1.807, 2.05) is 36.4 Å². The zero-order valence-electron chi connectivity index (χ0n) is 16.9. The zero-order valence-corrected chi connectivity index (χ0v) is 17.9. The molecule has 0 unspecified atom stereocenters. The monoisotopic (exact) mass is 399 g/mol. The first-order chi connectivity index (χ1) is 13.3. The number of nitrogens with one attached hydrogen (secondary N) is 1. The summed E-state index contributed by atoms with van der Waals surface area (Å²) >= 11 is 0. The molecule has 1 heterocycles. The molecule has 2 aromatic rings. The summed E-state index contributed by atoms with van der Waals surface area (Å²) in [7, 11) is -2.72. The third-order valence-electron chi connectivity index (χ3n) is 5.39. The van der Waals surface area contributed by atoms with E-state index in [4.69, 9.17) is 9.16 Å². The van der Waals surface area contributed by atoms with Crippen LogP contribution in [0, 0.1) is 0 Å². The quantitative estimate of drug-likeness (QED) is 0.732. The molecule has 0 aliphatic carbocycles. The average Bonchev–Trinajstić information content (AvgIpc) is 3.01. The molecular weight excluding hydrogens is 370 g/mol.